The lowest BCUT2D eigenvalue weighted by atomic mass is 10.3. The minimum atomic E-state index is 0.200. The van der Waals surface area contributed by atoms with Gasteiger partial charge in [-0.1, -0.05) is 11.6 Å². The molecule has 2 rings (SSSR count). The highest BCUT2D eigenvalue weighted by molar-refractivity contribution is 14.1. The quantitative estimate of drug-likeness (QED) is 0.749. The molecule has 0 saturated carbocycles. The highest BCUT2D eigenvalue weighted by Gasteiger charge is 2.13. The highest BCUT2D eigenvalue weighted by atomic mass is 127. The van der Waals surface area contributed by atoms with E-state index in [1.165, 1.54) is 0 Å². The number of aryl methyl sites for hydroxylation is 1. The van der Waals surface area contributed by atoms with Crippen molar-refractivity contribution in [3.63, 3.8) is 0 Å². The lowest BCUT2D eigenvalue weighted by molar-refractivity contribution is 0.163. The molecular weight excluding hydrogens is 389 g/mol. The van der Waals surface area contributed by atoms with Crippen LogP contribution in [0.5, 0.6) is 0 Å². The molecule has 0 saturated heterocycles. The van der Waals surface area contributed by atoms with Gasteiger partial charge in [-0.05, 0) is 54.6 Å². The second kappa shape index (κ2) is 6.78. The van der Waals surface area contributed by atoms with E-state index in [1.54, 1.807) is 7.11 Å². The molecule has 108 valence electrons. The van der Waals surface area contributed by atoms with Gasteiger partial charge < -0.3 is 14.6 Å². The summed E-state index contributed by atoms with van der Waals surface area (Å²) in [5, 5.41) is 3.97. The molecule has 1 aromatic carbocycles. The Balaban J connectivity index is 2.29. The summed E-state index contributed by atoms with van der Waals surface area (Å²) >= 11 is 8.49. The van der Waals surface area contributed by atoms with Crippen LogP contribution < -0.4 is 5.32 Å². The van der Waals surface area contributed by atoms with Crippen molar-refractivity contribution in [2.75, 3.05) is 19.0 Å². The summed E-state index contributed by atoms with van der Waals surface area (Å²) in [5.74, 6) is 0.773. The van der Waals surface area contributed by atoms with E-state index in [0.29, 0.717) is 11.6 Å². The number of aromatic nitrogens is 2. The zero-order valence-corrected chi connectivity index (χ0v) is 14.6. The van der Waals surface area contributed by atoms with Crippen LogP contribution in [0.4, 0.5) is 11.6 Å². The molecule has 1 heterocycles. The highest BCUT2D eigenvalue weighted by Crippen LogP contribution is 2.28. The van der Waals surface area contributed by atoms with Crippen LogP contribution in [0.2, 0.25) is 5.02 Å². The number of ether oxygens (including phenoxy) is 1. The van der Waals surface area contributed by atoms with Crippen LogP contribution in [0.25, 0.3) is 0 Å². The van der Waals surface area contributed by atoms with Crippen LogP contribution in [-0.4, -0.2) is 23.3 Å². The van der Waals surface area contributed by atoms with Crippen molar-refractivity contribution in [2.45, 2.75) is 19.9 Å². The maximum absolute atomic E-state index is 6.25. The summed E-state index contributed by atoms with van der Waals surface area (Å²) in [4.78, 5) is 4.51. The van der Waals surface area contributed by atoms with Crippen LogP contribution in [0.1, 0.15) is 18.7 Å². The van der Waals surface area contributed by atoms with Gasteiger partial charge in [-0.2, -0.15) is 0 Å². The molecule has 0 fully saturated rings. The van der Waals surface area contributed by atoms with Crippen molar-refractivity contribution < 1.29 is 4.74 Å². The van der Waals surface area contributed by atoms with E-state index < -0.39 is 0 Å². The Bertz CT molecular complexity index is 600. The second-order valence-electron chi connectivity index (χ2n) is 4.67. The van der Waals surface area contributed by atoms with Gasteiger partial charge in [-0.25, -0.2) is 4.98 Å². The smallest absolute Gasteiger partial charge is 0.207 e. The van der Waals surface area contributed by atoms with Gasteiger partial charge in [0.15, 0.2) is 0 Å². The molecule has 20 heavy (non-hydrogen) atoms. The summed E-state index contributed by atoms with van der Waals surface area (Å²) < 4.78 is 8.37. The van der Waals surface area contributed by atoms with Crippen molar-refractivity contribution in [1.29, 1.82) is 0 Å². The lowest BCUT2D eigenvalue weighted by Gasteiger charge is -2.16. The number of hydrogen-bond acceptors (Lipinski definition) is 3. The first-order valence-electron chi connectivity index (χ1n) is 6.27. The topological polar surface area (TPSA) is 39.1 Å². The number of anilines is 2. The second-order valence-corrected chi connectivity index (χ2v) is 6.32. The first-order chi connectivity index (χ1) is 9.51. The van der Waals surface area contributed by atoms with E-state index in [9.17, 15) is 0 Å². The van der Waals surface area contributed by atoms with E-state index >= 15 is 0 Å². The molecule has 4 nitrogen and oxygen atoms in total. The van der Waals surface area contributed by atoms with Crippen LogP contribution in [0, 0.1) is 10.5 Å². The molecular formula is C14H17ClIN3O. The number of methoxy groups -OCH3 is 1. The third-order valence-electron chi connectivity index (χ3n) is 2.91. The average molecular weight is 406 g/mol. The minimum absolute atomic E-state index is 0.200. The average Bonchev–Trinajstić information content (AvgIpc) is 2.74. The van der Waals surface area contributed by atoms with Crippen LogP contribution >= 0.6 is 34.2 Å². The Hall–Kier alpha value is -0.790. The van der Waals surface area contributed by atoms with Crippen LogP contribution in [-0.2, 0) is 4.74 Å². The Morgan fingerprint density at radius 3 is 2.90 bits per heavy atom. The number of hydrogen-bond donors (Lipinski definition) is 1. The molecule has 0 bridgehead atoms. The molecule has 1 atom stereocenters. The van der Waals surface area contributed by atoms with E-state index in [2.05, 4.69) is 44.4 Å². The van der Waals surface area contributed by atoms with E-state index in [0.717, 1.165) is 20.9 Å². The fourth-order valence-corrected chi connectivity index (χ4v) is 2.88. The van der Waals surface area contributed by atoms with Gasteiger partial charge >= 0.3 is 0 Å². The number of imidazole rings is 1. The van der Waals surface area contributed by atoms with Gasteiger partial charge in [-0.15, -0.1) is 0 Å². The molecule has 0 radical (unpaired) electrons. The Kier molecular flexibility index (Phi) is 5.29. The SMILES string of the molecule is COCC(C)n1cc(C)nc1Nc1ccc(I)cc1Cl. The van der Waals surface area contributed by atoms with Gasteiger partial charge in [0.1, 0.15) is 0 Å². The molecule has 6 heteroatoms. The summed E-state index contributed by atoms with van der Waals surface area (Å²) in [6, 6.07) is 6.09. The summed E-state index contributed by atoms with van der Waals surface area (Å²) in [6.45, 7) is 4.69. The van der Waals surface area contributed by atoms with Crippen molar-refractivity contribution in [3.8, 4) is 0 Å². The molecule has 2 aromatic rings. The Morgan fingerprint density at radius 1 is 1.50 bits per heavy atom. The Labute approximate surface area is 137 Å². The Morgan fingerprint density at radius 2 is 2.25 bits per heavy atom. The predicted molar refractivity (Wildman–Crippen MR) is 91.0 cm³/mol. The molecule has 0 aliphatic rings. The van der Waals surface area contributed by atoms with Gasteiger partial charge in [0.2, 0.25) is 5.95 Å². The maximum atomic E-state index is 6.25. The zero-order valence-electron chi connectivity index (χ0n) is 11.7. The normalized spacial score (nSPS) is 12.4. The molecule has 1 unspecified atom stereocenters. The third-order valence-corrected chi connectivity index (χ3v) is 3.90. The van der Waals surface area contributed by atoms with Gasteiger partial charge in [0.05, 0.1) is 29.1 Å². The number of nitrogens with one attached hydrogen (secondary N) is 1. The maximum Gasteiger partial charge on any atom is 0.207 e. The molecule has 0 spiro atoms. The molecule has 1 aromatic heterocycles. The molecule has 0 amide bonds. The van der Waals surface area contributed by atoms with Crippen LogP contribution in [0.3, 0.4) is 0 Å². The van der Waals surface area contributed by atoms with Crippen molar-refractivity contribution >= 4 is 45.8 Å². The van der Waals surface area contributed by atoms with Crippen molar-refractivity contribution in [1.82, 2.24) is 9.55 Å². The predicted octanol–water partition coefficient (Wildman–Crippen LogP) is 4.40. The first-order valence-corrected chi connectivity index (χ1v) is 7.73. The standard InChI is InChI=1S/C14H17ClIN3O/c1-9-7-19(10(2)8-20-3)14(17-9)18-13-5-4-11(16)6-12(13)15/h4-7,10H,8H2,1-3H3,(H,17,18). The van der Waals surface area contributed by atoms with Gasteiger partial charge in [-0.3, -0.25) is 0 Å². The fraction of sp³-hybridized carbons (Fsp3) is 0.357. The molecule has 0 aliphatic carbocycles. The lowest BCUT2D eigenvalue weighted by Crippen LogP contribution is -2.12. The number of benzene rings is 1. The number of rotatable bonds is 5. The summed E-state index contributed by atoms with van der Waals surface area (Å²) in [7, 11) is 1.70. The van der Waals surface area contributed by atoms with E-state index in [-0.39, 0.29) is 6.04 Å². The molecule has 0 aliphatic heterocycles. The van der Waals surface area contributed by atoms with E-state index in [4.69, 9.17) is 16.3 Å². The van der Waals surface area contributed by atoms with Crippen LogP contribution in [0.15, 0.2) is 24.4 Å². The van der Waals surface area contributed by atoms with Crippen molar-refractivity contribution in [3.05, 3.63) is 38.7 Å². The van der Waals surface area contributed by atoms with Gasteiger partial charge in [0.25, 0.3) is 0 Å². The third kappa shape index (κ3) is 3.65. The summed E-state index contributed by atoms with van der Waals surface area (Å²) in [6.07, 6.45) is 2.01. The molecule has 1 N–H and O–H groups in total. The first kappa shape index (κ1) is 15.6. The van der Waals surface area contributed by atoms with Crippen molar-refractivity contribution in [2.24, 2.45) is 0 Å². The largest absolute Gasteiger partial charge is 0.383 e. The summed E-state index contributed by atoms with van der Waals surface area (Å²) in [5.41, 5.74) is 1.81. The number of halogens is 2. The van der Waals surface area contributed by atoms with E-state index in [1.807, 2.05) is 31.3 Å². The minimum Gasteiger partial charge on any atom is -0.383 e. The monoisotopic (exact) mass is 405 g/mol. The number of nitrogens with zero attached hydrogens (tertiary/aromatic N) is 2. The fourth-order valence-electron chi connectivity index (χ4n) is 1.98. The van der Waals surface area contributed by atoms with Gasteiger partial charge in [0, 0.05) is 16.9 Å². The zero-order chi connectivity index (χ0) is 14.7.